The first-order valence-corrected chi connectivity index (χ1v) is 15.3. The van der Waals surface area contributed by atoms with Crippen molar-refractivity contribution >= 4 is 27.5 Å². The van der Waals surface area contributed by atoms with Crippen LogP contribution in [0.25, 0.3) is 0 Å². The third kappa shape index (κ3) is 9.35. The van der Waals surface area contributed by atoms with Gasteiger partial charge in [-0.2, -0.15) is 0 Å². The largest absolute Gasteiger partial charge is 0.494 e. The van der Waals surface area contributed by atoms with Gasteiger partial charge in [0.05, 0.1) is 18.6 Å². The van der Waals surface area contributed by atoms with Crippen molar-refractivity contribution in [2.75, 3.05) is 30.3 Å². The summed E-state index contributed by atoms with van der Waals surface area (Å²) in [5, 5.41) is 2.97. The molecule has 0 heterocycles. The maximum absolute atomic E-state index is 13.5. The molecule has 8 nitrogen and oxygen atoms in total. The van der Waals surface area contributed by atoms with Gasteiger partial charge in [0.2, 0.25) is 21.8 Å². The van der Waals surface area contributed by atoms with Crippen molar-refractivity contribution in [1.82, 2.24) is 10.2 Å². The molecular formula is C29H43N3O5S. The van der Waals surface area contributed by atoms with Gasteiger partial charge in [-0.25, -0.2) is 8.42 Å². The monoisotopic (exact) mass is 545 g/mol. The number of anilines is 1. The molecule has 0 aromatic heterocycles. The summed E-state index contributed by atoms with van der Waals surface area (Å²) in [6, 6.07) is 14.1. The van der Waals surface area contributed by atoms with Gasteiger partial charge in [-0.3, -0.25) is 13.9 Å². The van der Waals surface area contributed by atoms with Crippen LogP contribution in [0, 0.1) is 6.92 Å². The van der Waals surface area contributed by atoms with E-state index in [1.54, 1.807) is 29.2 Å². The van der Waals surface area contributed by atoms with Gasteiger partial charge in [0.1, 0.15) is 11.8 Å². The third-order valence-electron chi connectivity index (χ3n) is 6.41. The van der Waals surface area contributed by atoms with Crippen LogP contribution in [0.4, 0.5) is 5.69 Å². The maximum Gasteiger partial charge on any atom is 0.242 e. The Morgan fingerprint density at radius 1 is 1.00 bits per heavy atom. The van der Waals surface area contributed by atoms with Gasteiger partial charge in [-0.1, -0.05) is 44.5 Å². The van der Waals surface area contributed by atoms with E-state index in [9.17, 15) is 18.0 Å². The molecule has 0 aliphatic heterocycles. The Balaban J connectivity index is 2.19. The molecule has 0 bridgehead atoms. The molecule has 0 aliphatic carbocycles. The lowest BCUT2D eigenvalue weighted by Gasteiger charge is -2.31. The van der Waals surface area contributed by atoms with E-state index < -0.39 is 16.1 Å². The van der Waals surface area contributed by atoms with Gasteiger partial charge in [-0.15, -0.1) is 0 Å². The van der Waals surface area contributed by atoms with E-state index in [0.717, 1.165) is 30.2 Å². The molecule has 1 atom stereocenters. The number of carbonyl (C=O) groups excluding carboxylic acids is 2. The maximum atomic E-state index is 13.5. The molecule has 2 rings (SSSR count). The quantitative estimate of drug-likeness (QED) is 0.310. The second-order valence-corrected chi connectivity index (χ2v) is 11.3. The number of nitrogens with zero attached hydrogens (tertiary/aromatic N) is 2. The molecule has 210 valence electrons. The molecule has 1 N–H and O–H groups in total. The highest BCUT2D eigenvalue weighted by molar-refractivity contribution is 7.92. The predicted molar refractivity (Wildman–Crippen MR) is 153 cm³/mol. The molecule has 0 unspecified atom stereocenters. The van der Waals surface area contributed by atoms with E-state index in [0.29, 0.717) is 44.0 Å². The number of rotatable bonds is 16. The van der Waals surface area contributed by atoms with Crippen LogP contribution in [-0.2, 0) is 26.2 Å². The van der Waals surface area contributed by atoms with Crippen molar-refractivity contribution < 1.29 is 22.7 Å². The Morgan fingerprint density at radius 2 is 1.68 bits per heavy atom. The number of sulfonamides is 1. The number of unbranched alkanes of at least 4 members (excludes halogenated alkanes) is 1. The highest BCUT2D eigenvalue weighted by atomic mass is 32.2. The summed E-state index contributed by atoms with van der Waals surface area (Å²) in [7, 11) is -3.56. The molecule has 2 amide bonds. The average Bonchev–Trinajstić information content (AvgIpc) is 2.88. The summed E-state index contributed by atoms with van der Waals surface area (Å²) in [6.45, 7) is 9.39. The topological polar surface area (TPSA) is 96.0 Å². The lowest BCUT2D eigenvalue weighted by atomic mass is 10.1. The van der Waals surface area contributed by atoms with Crippen LogP contribution in [0.5, 0.6) is 5.75 Å². The number of carbonyl (C=O) groups is 2. The van der Waals surface area contributed by atoms with E-state index in [2.05, 4.69) is 12.2 Å². The molecule has 9 heteroatoms. The number of benzene rings is 2. The minimum atomic E-state index is -3.56. The minimum Gasteiger partial charge on any atom is -0.494 e. The van der Waals surface area contributed by atoms with Gasteiger partial charge in [0.15, 0.2) is 0 Å². The molecule has 0 aliphatic rings. The minimum absolute atomic E-state index is 0.119. The summed E-state index contributed by atoms with van der Waals surface area (Å²) in [5.74, 6) is 0.329. The number of ether oxygens (including phenoxy) is 1. The van der Waals surface area contributed by atoms with Crippen LogP contribution in [0.3, 0.4) is 0 Å². The number of aryl methyl sites for hydroxylation is 1. The molecule has 0 spiro atoms. The fourth-order valence-corrected chi connectivity index (χ4v) is 5.24. The van der Waals surface area contributed by atoms with Crippen molar-refractivity contribution in [2.24, 2.45) is 0 Å². The molecule has 0 radical (unpaired) electrons. The molecule has 0 fully saturated rings. The summed E-state index contributed by atoms with van der Waals surface area (Å²) >= 11 is 0. The van der Waals surface area contributed by atoms with E-state index in [-0.39, 0.29) is 24.8 Å². The van der Waals surface area contributed by atoms with Crippen molar-refractivity contribution in [3.8, 4) is 5.75 Å². The average molecular weight is 546 g/mol. The van der Waals surface area contributed by atoms with Gasteiger partial charge in [0, 0.05) is 26.1 Å². The Bertz CT molecular complexity index is 1140. The van der Waals surface area contributed by atoms with Gasteiger partial charge >= 0.3 is 0 Å². The first-order valence-electron chi connectivity index (χ1n) is 13.4. The van der Waals surface area contributed by atoms with E-state index in [1.807, 2.05) is 45.0 Å². The first-order chi connectivity index (χ1) is 18.1. The molecule has 2 aromatic rings. The van der Waals surface area contributed by atoms with Crippen LogP contribution in [0.1, 0.15) is 64.0 Å². The first kappa shape index (κ1) is 31.1. The van der Waals surface area contributed by atoms with E-state index >= 15 is 0 Å². The van der Waals surface area contributed by atoms with Crippen LogP contribution in [-0.4, -0.2) is 57.1 Å². The number of amides is 2. The van der Waals surface area contributed by atoms with Gasteiger partial charge in [0.25, 0.3) is 0 Å². The number of nitrogens with one attached hydrogen (secondary N) is 1. The summed E-state index contributed by atoms with van der Waals surface area (Å²) < 4.78 is 31.8. The molecule has 0 saturated heterocycles. The predicted octanol–water partition coefficient (Wildman–Crippen LogP) is 4.66. The highest BCUT2D eigenvalue weighted by Gasteiger charge is 2.29. The van der Waals surface area contributed by atoms with Crippen LogP contribution < -0.4 is 14.4 Å². The van der Waals surface area contributed by atoms with Gasteiger partial charge < -0.3 is 15.0 Å². The summed E-state index contributed by atoms with van der Waals surface area (Å²) in [6.07, 6.45) is 3.92. The summed E-state index contributed by atoms with van der Waals surface area (Å²) in [4.78, 5) is 28.2. The fraction of sp³-hybridized carbons (Fsp3) is 0.517. The fourth-order valence-electron chi connectivity index (χ4n) is 4.28. The standard InChI is InChI=1S/C29H43N3O5S/c1-6-9-20-30-29(34)27(7-2)31(22-24-14-11-10-13-23(24)4)28(33)15-12-21-32(38(5,35)36)25-16-18-26(19-17-25)37-8-3/h10-11,13-14,16-19,27H,6-9,12,15,20-22H2,1-5H3,(H,30,34)/t27-/m1/s1. The Kier molecular flexibility index (Phi) is 12.6. The SMILES string of the molecule is CCCCNC(=O)[C@@H](CC)N(Cc1ccccc1C)C(=O)CCCN(c1ccc(OCC)cc1)S(C)(=O)=O. The van der Waals surface area contributed by atoms with Crippen molar-refractivity contribution in [3.63, 3.8) is 0 Å². The lowest BCUT2D eigenvalue weighted by Crippen LogP contribution is -2.49. The number of hydrogen-bond acceptors (Lipinski definition) is 5. The molecular weight excluding hydrogens is 502 g/mol. The number of hydrogen-bond donors (Lipinski definition) is 1. The second-order valence-electron chi connectivity index (χ2n) is 9.38. The summed E-state index contributed by atoms with van der Waals surface area (Å²) in [5.41, 5.74) is 2.54. The van der Waals surface area contributed by atoms with E-state index in [1.165, 1.54) is 4.31 Å². The molecule has 38 heavy (non-hydrogen) atoms. The van der Waals surface area contributed by atoms with E-state index in [4.69, 9.17) is 4.74 Å². The molecule has 0 saturated carbocycles. The van der Waals surface area contributed by atoms with Crippen LogP contribution in [0.2, 0.25) is 0 Å². The zero-order valence-electron chi connectivity index (χ0n) is 23.4. The van der Waals surface area contributed by atoms with Crippen molar-refractivity contribution in [2.45, 2.75) is 72.4 Å². The van der Waals surface area contributed by atoms with Crippen molar-refractivity contribution in [1.29, 1.82) is 0 Å². The smallest absolute Gasteiger partial charge is 0.242 e. The zero-order valence-corrected chi connectivity index (χ0v) is 24.2. The second kappa shape index (κ2) is 15.4. The Hall–Kier alpha value is -3.07. The Labute approximate surface area is 228 Å². The highest BCUT2D eigenvalue weighted by Crippen LogP contribution is 2.23. The molecule has 2 aromatic carbocycles. The van der Waals surface area contributed by atoms with Crippen LogP contribution in [0.15, 0.2) is 48.5 Å². The lowest BCUT2D eigenvalue weighted by molar-refractivity contribution is -0.141. The van der Waals surface area contributed by atoms with Crippen LogP contribution >= 0.6 is 0 Å². The van der Waals surface area contributed by atoms with Crippen molar-refractivity contribution in [3.05, 3.63) is 59.7 Å². The zero-order chi connectivity index (χ0) is 28.1. The Morgan fingerprint density at radius 3 is 2.26 bits per heavy atom. The third-order valence-corrected chi connectivity index (χ3v) is 7.60. The van der Waals surface area contributed by atoms with Gasteiger partial charge in [-0.05, 0) is 68.5 Å². The normalized spacial score (nSPS) is 12.0.